The highest BCUT2D eigenvalue weighted by molar-refractivity contribution is 5.97. The normalized spacial score (nSPS) is 10.7. The van der Waals surface area contributed by atoms with E-state index in [9.17, 15) is 4.79 Å². The first kappa shape index (κ1) is 18.6. The Morgan fingerprint density at radius 3 is 2.41 bits per heavy atom. The summed E-state index contributed by atoms with van der Waals surface area (Å²) < 4.78 is 17.2. The van der Waals surface area contributed by atoms with Crippen LogP contribution in [0, 0.1) is 0 Å². The van der Waals surface area contributed by atoms with Crippen LogP contribution in [-0.2, 0) is 6.54 Å². The third kappa shape index (κ3) is 4.09. The van der Waals surface area contributed by atoms with E-state index in [2.05, 4.69) is 5.32 Å². The molecule has 0 aliphatic rings. The van der Waals surface area contributed by atoms with Crippen LogP contribution in [0.4, 0.5) is 0 Å². The Bertz CT molecular complexity index is 1130. The summed E-state index contributed by atoms with van der Waals surface area (Å²) in [6.45, 7) is 2.80. The summed E-state index contributed by atoms with van der Waals surface area (Å²) in [4.78, 5) is 12.8. The molecule has 5 heteroatoms. The van der Waals surface area contributed by atoms with Gasteiger partial charge in [0.2, 0.25) is 0 Å². The zero-order chi connectivity index (χ0) is 20.1. The summed E-state index contributed by atoms with van der Waals surface area (Å²) in [5.74, 6) is 1.44. The first-order valence-corrected chi connectivity index (χ1v) is 9.48. The molecule has 4 aromatic rings. The van der Waals surface area contributed by atoms with E-state index in [1.54, 1.807) is 18.4 Å². The zero-order valence-corrected chi connectivity index (χ0v) is 16.1. The molecule has 1 heterocycles. The number of carbonyl (C=O) groups excluding carboxylic acids is 1. The third-order valence-corrected chi connectivity index (χ3v) is 4.50. The molecule has 146 valence electrons. The van der Waals surface area contributed by atoms with Crippen molar-refractivity contribution in [1.29, 1.82) is 0 Å². The SMILES string of the molecule is CCOc1ccccc1Oc1ccccc1C(=O)NCc1coc2ccccc12. The van der Waals surface area contributed by atoms with Crippen LogP contribution in [0.15, 0.2) is 83.5 Å². The molecule has 3 aromatic carbocycles. The molecule has 0 atom stereocenters. The van der Waals surface area contributed by atoms with Crippen LogP contribution in [0.3, 0.4) is 0 Å². The second kappa shape index (κ2) is 8.52. The number of carbonyl (C=O) groups is 1. The Balaban J connectivity index is 1.53. The number of nitrogens with one attached hydrogen (secondary N) is 1. The van der Waals surface area contributed by atoms with Crippen molar-refractivity contribution in [1.82, 2.24) is 5.32 Å². The molecule has 0 bridgehead atoms. The van der Waals surface area contributed by atoms with Crippen molar-refractivity contribution in [2.75, 3.05) is 6.61 Å². The van der Waals surface area contributed by atoms with Crippen molar-refractivity contribution < 1.29 is 18.7 Å². The first-order valence-electron chi connectivity index (χ1n) is 9.48. The average molecular weight is 387 g/mol. The minimum atomic E-state index is -0.222. The minimum Gasteiger partial charge on any atom is -0.490 e. The Morgan fingerprint density at radius 1 is 0.897 bits per heavy atom. The molecule has 5 nitrogen and oxygen atoms in total. The fourth-order valence-corrected chi connectivity index (χ4v) is 3.11. The van der Waals surface area contributed by atoms with E-state index < -0.39 is 0 Å². The summed E-state index contributed by atoms with van der Waals surface area (Å²) in [7, 11) is 0. The monoisotopic (exact) mass is 387 g/mol. The van der Waals surface area contributed by atoms with Gasteiger partial charge in [0, 0.05) is 17.5 Å². The summed E-state index contributed by atoms with van der Waals surface area (Å²) >= 11 is 0. The van der Waals surface area contributed by atoms with E-state index in [0.717, 1.165) is 16.5 Å². The molecule has 0 unspecified atom stereocenters. The average Bonchev–Trinajstić information content (AvgIpc) is 3.17. The second-order valence-corrected chi connectivity index (χ2v) is 6.42. The number of benzene rings is 3. The fourth-order valence-electron chi connectivity index (χ4n) is 3.11. The lowest BCUT2D eigenvalue weighted by atomic mass is 10.1. The van der Waals surface area contributed by atoms with Crippen molar-refractivity contribution in [2.24, 2.45) is 0 Å². The smallest absolute Gasteiger partial charge is 0.255 e. The van der Waals surface area contributed by atoms with Crippen LogP contribution in [0.25, 0.3) is 11.0 Å². The van der Waals surface area contributed by atoms with Gasteiger partial charge < -0.3 is 19.2 Å². The van der Waals surface area contributed by atoms with E-state index in [1.165, 1.54) is 0 Å². The van der Waals surface area contributed by atoms with Crippen molar-refractivity contribution in [2.45, 2.75) is 13.5 Å². The van der Waals surface area contributed by atoms with Crippen molar-refractivity contribution in [3.8, 4) is 17.2 Å². The highest BCUT2D eigenvalue weighted by Gasteiger charge is 2.15. The number of rotatable bonds is 7. The zero-order valence-electron chi connectivity index (χ0n) is 16.1. The standard InChI is InChI=1S/C24H21NO4/c1-2-27-22-13-7-8-14-23(22)29-21-12-6-4-10-19(21)24(26)25-15-17-16-28-20-11-5-3-9-18(17)20/h3-14,16H,2,15H2,1H3,(H,25,26). The summed E-state index contributed by atoms with van der Waals surface area (Å²) in [5.41, 5.74) is 2.17. The lowest BCUT2D eigenvalue weighted by molar-refractivity contribution is 0.0948. The van der Waals surface area contributed by atoms with Gasteiger partial charge in [-0.05, 0) is 37.3 Å². The van der Waals surface area contributed by atoms with Gasteiger partial charge in [-0.15, -0.1) is 0 Å². The Kier molecular flexibility index (Phi) is 5.47. The predicted octanol–water partition coefficient (Wildman–Crippen LogP) is 5.55. The summed E-state index contributed by atoms with van der Waals surface area (Å²) in [6, 6.07) is 22.3. The number of amides is 1. The van der Waals surface area contributed by atoms with E-state index in [4.69, 9.17) is 13.9 Å². The molecule has 0 saturated carbocycles. The number of hydrogen-bond donors (Lipinski definition) is 1. The summed E-state index contributed by atoms with van der Waals surface area (Å²) in [6.07, 6.45) is 1.67. The van der Waals surface area contributed by atoms with Crippen LogP contribution in [0.1, 0.15) is 22.8 Å². The van der Waals surface area contributed by atoms with Crippen LogP contribution in [0.5, 0.6) is 17.2 Å². The lowest BCUT2D eigenvalue weighted by Crippen LogP contribution is -2.23. The van der Waals surface area contributed by atoms with Gasteiger partial charge in [0.25, 0.3) is 5.91 Å². The highest BCUT2D eigenvalue weighted by atomic mass is 16.5. The molecular formula is C24H21NO4. The van der Waals surface area contributed by atoms with Crippen LogP contribution < -0.4 is 14.8 Å². The van der Waals surface area contributed by atoms with Crippen LogP contribution in [-0.4, -0.2) is 12.5 Å². The number of para-hydroxylation sites is 4. The predicted molar refractivity (Wildman–Crippen MR) is 112 cm³/mol. The van der Waals surface area contributed by atoms with E-state index in [0.29, 0.717) is 36.0 Å². The molecule has 4 rings (SSSR count). The largest absolute Gasteiger partial charge is 0.490 e. The molecule has 0 spiro atoms. The topological polar surface area (TPSA) is 60.7 Å². The van der Waals surface area contributed by atoms with Gasteiger partial charge in [-0.1, -0.05) is 42.5 Å². The first-order chi connectivity index (χ1) is 14.3. The number of fused-ring (bicyclic) bond motifs is 1. The molecule has 0 fully saturated rings. The maximum atomic E-state index is 12.8. The number of hydrogen-bond acceptors (Lipinski definition) is 4. The van der Waals surface area contributed by atoms with Gasteiger partial charge in [0.05, 0.1) is 18.4 Å². The maximum Gasteiger partial charge on any atom is 0.255 e. The van der Waals surface area contributed by atoms with Gasteiger partial charge in [-0.3, -0.25) is 4.79 Å². The maximum absolute atomic E-state index is 12.8. The quantitative estimate of drug-likeness (QED) is 0.451. The molecule has 29 heavy (non-hydrogen) atoms. The van der Waals surface area contributed by atoms with Crippen molar-refractivity contribution >= 4 is 16.9 Å². The van der Waals surface area contributed by atoms with E-state index >= 15 is 0 Å². The third-order valence-electron chi connectivity index (χ3n) is 4.50. The molecule has 0 radical (unpaired) electrons. The van der Waals surface area contributed by atoms with Crippen LogP contribution in [0.2, 0.25) is 0 Å². The molecule has 0 aliphatic carbocycles. The van der Waals surface area contributed by atoms with Gasteiger partial charge in [-0.25, -0.2) is 0 Å². The summed E-state index contributed by atoms with van der Waals surface area (Å²) in [5, 5.41) is 3.94. The van der Waals surface area contributed by atoms with Crippen molar-refractivity contribution in [3.05, 3.63) is 90.2 Å². The molecule has 1 aromatic heterocycles. The van der Waals surface area contributed by atoms with Crippen LogP contribution >= 0.6 is 0 Å². The Morgan fingerprint density at radius 2 is 1.59 bits per heavy atom. The Hall–Kier alpha value is -3.73. The molecule has 0 saturated heterocycles. The van der Waals surface area contributed by atoms with Gasteiger partial charge >= 0.3 is 0 Å². The number of furan rings is 1. The molecule has 0 aliphatic heterocycles. The highest BCUT2D eigenvalue weighted by Crippen LogP contribution is 2.33. The van der Waals surface area contributed by atoms with Gasteiger partial charge in [-0.2, -0.15) is 0 Å². The van der Waals surface area contributed by atoms with Gasteiger partial charge in [0.15, 0.2) is 11.5 Å². The van der Waals surface area contributed by atoms with E-state index in [-0.39, 0.29) is 5.91 Å². The lowest BCUT2D eigenvalue weighted by Gasteiger charge is -2.14. The Labute approximate surface area is 168 Å². The second-order valence-electron chi connectivity index (χ2n) is 6.42. The van der Waals surface area contributed by atoms with E-state index in [1.807, 2.05) is 67.6 Å². The molecule has 1 amide bonds. The van der Waals surface area contributed by atoms with Crippen molar-refractivity contribution in [3.63, 3.8) is 0 Å². The number of ether oxygens (including phenoxy) is 2. The van der Waals surface area contributed by atoms with Gasteiger partial charge in [0.1, 0.15) is 11.3 Å². The molecular weight excluding hydrogens is 366 g/mol. The fraction of sp³-hybridized carbons (Fsp3) is 0.125. The minimum absolute atomic E-state index is 0.222. The molecule has 1 N–H and O–H groups in total.